The number of rotatable bonds is 0. The van der Waals surface area contributed by atoms with Crippen LogP contribution < -0.4 is 0 Å². The first-order valence-electron chi connectivity index (χ1n) is 2.87. The summed E-state index contributed by atoms with van der Waals surface area (Å²) in [5.74, 6) is 1.14. The second-order valence-electron chi connectivity index (χ2n) is 2.61. The van der Waals surface area contributed by atoms with Gasteiger partial charge in [-0.15, -0.1) is 0 Å². The van der Waals surface area contributed by atoms with Gasteiger partial charge in [-0.25, -0.2) is 5.11 Å². The van der Waals surface area contributed by atoms with Gasteiger partial charge in [-0.05, 0) is 18.3 Å². The van der Waals surface area contributed by atoms with Gasteiger partial charge in [0.2, 0.25) is 0 Å². The summed E-state index contributed by atoms with van der Waals surface area (Å²) in [6.45, 7) is 4.17. The average Bonchev–Trinajstić information content (AvgIpc) is 1.68. The summed E-state index contributed by atoms with van der Waals surface area (Å²) in [4.78, 5) is 0. The lowest BCUT2D eigenvalue weighted by molar-refractivity contribution is -0.0633. The maximum Gasteiger partial charge on any atom is 0.0960 e. The molecular weight excluding hydrogens is 88.1 g/mol. The highest BCUT2D eigenvalue weighted by Gasteiger charge is 2.33. The number of hydrogen-bond acceptors (Lipinski definition) is 0. The minimum Gasteiger partial charge on any atom is -0.233 e. The first-order chi connectivity index (χ1) is 3.22. The van der Waals surface area contributed by atoms with Crippen LogP contribution in [0.4, 0.5) is 0 Å². The van der Waals surface area contributed by atoms with Crippen LogP contribution in [0.15, 0.2) is 0 Å². The molecule has 0 saturated heterocycles. The highest BCUT2D eigenvalue weighted by molar-refractivity contribution is 4.82. The van der Waals surface area contributed by atoms with Gasteiger partial charge in [0, 0.05) is 0 Å². The second-order valence-corrected chi connectivity index (χ2v) is 2.61. The summed E-state index contributed by atoms with van der Waals surface area (Å²) in [6, 6.07) is 0. The first kappa shape index (κ1) is 5.10. The van der Waals surface area contributed by atoms with Crippen molar-refractivity contribution in [2.75, 3.05) is 0 Å². The molecule has 1 heteroatoms. The molecule has 0 amide bonds. The molecule has 1 aliphatic rings. The molecule has 41 valence electrons. The van der Waals surface area contributed by atoms with Crippen LogP contribution in [0, 0.1) is 11.8 Å². The zero-order valence-corrected chi connectivity index (χ0v) is 4.85. The van der Waals surface area contributed by atoms with Crippen molar-refractivity contribution in [2.24, 2.45) is 11.8 Å². The van der Waals surface area contributed by atoms with E-state index < -0.39 is 0 Å². The van der Waals surface area contributed by atoms with Gasteiger partial charge in [0.25, 0.3) is 0 Å². The van der Waals surface area contributed by atoms with Gasteiger partial charge in [0.15, 0.2) is 0 Å². The van der Waals surface area contributed by atoms with Gasteiger partial charge in [-0.2, -0.15) is 0 Å². The molecule has 0 aliphatic heterocycles. The molecule has 3 unspecified atom stereocenters. The summed E-state index contributed by atoms with van der Waals surface area (Å²) < 4.78 is 0. The van der Waals surface area contributed by atoms with Crippen LogP contribution in [-0.4, -0.2) is 6.10 Å². The molecule has 7 heavy (non-hydrogen) atoms. The Kier molecular flexibility index (Phi) is 1.08. The Bertz CT molecular complexity index is 62.6. The van der Waals surface area contributed by atoms with Crippen molar-refractivity contribution in [1.82, 2.24) is 0 Å². The molecule has 0 aromatic heterocycles. The maximum absolute atomic E-state index is 10.5. The summed E-state index contributed by atoms with van der Waals surface area (Å²) in [5, 5.41) is 10.5. The molecule has 1 aliphatic carbocycles. The van der Waals surface area contributed by atoms with E-state index in [0.29, 0.717) is 11.8 Å². The Morgan fingerprint density at radius 2 is 2.00 bits per heavy atom. The van der Waals surface area contributed by atoms with Gasteiger partial charge in [-0.1, -0.05) is 13.8 Å². The molecular formula is C6H11O. The van der Waals surface area contributed by atoms with Gasteiger partial charge in [0.05, 0.1) is 6.10 Å². The smallest absolute Gasteiger partial charge is 0.0960 e. The van der Waals surface area contributed by atoms with Crippen LogP contribution in [0.1, 0.15) is 20.3 Å². The maximum atomic E-state index is 10.5. The Labute approximate surface area is 44.4 Å². The SMILES string of the molecule is CC1CC([O])C1C. The molecule has 1 radical (unpaired) electrons. The largest absolute Gasteiger partial charge is 0.233 e. The lowest BCUT2D eigenvalue weighted by Crippen LogP contribution is -2.36. The Morgan fingerprint density at radius 1 is 1.43 bits per heavy atom. The highest BCUT2D eigenvalue weighted by atomic mass is 16.3. The third kappa shape index (κ3) is 0.653. The van der Waals surface area contributed by atoms with E-state index in [1.165, 1.54) is 0 Å². The van der Waals surface area contributed by atoms with Gasteiger partial charge in [-0.3, -0.25) is 0 Å². The van der Waals surface area contributed by atoms with E-state index in [0.717, 1.165) is 6.42 Å². The van der Waals surface area contributed by atoms with E-state index in [2.05, 4.69) is 6.92 Å². The predicted octanol–water partition coefficient (Wildman–Crippen LogP) is 1.46. The third-order valence-corrected chi connectivity index (χ3v) is 2.09. The summed E-state index contributed by atoms with van der Waals surface area (Å²) >= 11 is 0. The molecule has 1 nitrogen and oxygen atoms in total. The molecule has 3 atom stereocenters. The van der Waals surface area contributed by atoms with Crippen molar-refractivity contribution < 1.29 is 5.11 Å². The van der Waals surface area contributed by atoms with Crippen LogP contribution in [0.5, 0.6) is 0 Å². The molecule has 0 bridgehead atoms. The fraction of sp³-hybridized carbons (Fsp3) is 1.00. The van der Waals surface area contributed by atoms with E-state index in [-0.39, 0.29) is 6.10 Å². The quantitative estimate of drug-likeness (QED) is 0.438. The highest BCUT2D eigenvalue weighted by Crippen LogP contribution is 2.33. The lowest BCUT2D eigenvalue weighted by Gasteiger charge is -2.34. The van der Waals surface area contributed by atoms with E-state index in [4.69, 9.17) is 0 Å². The van der Waals surface area contributed by atoms with Crippen molar-refractivity contribution in [2.45, 2.75) is 26.4 Å². The van der Waals surface area contributed by atoms with Crippen LogP contribution in [0.3, 0.4) is 0 Å². The topological polar surface area (TPSA) is 19.9 Å². The molecule has 1 saturated carbocycles. The van der Waals surface area contributed by atoms with Gasteiger partial charge < -0.3 is 0 Å². The van der Waals surface area contributed by atoms with Crippen molar-refractivity contribution in [3.05, 3.63) is 0 Å². The van der Waals surface area contributed by atoms with Crippen molar-refractivity contribution in [3.63, 3.8) is 0 Å². The van der Waals surface area contributed by atoms with E-state index in [1.54, 1.807) is 0 Å². The Hall–Kier alpha value is -0.0400. The van der Waals surface area contributed by atoms with Crippen LogP contribution in [-0.2, 0) is 5.11 Å². The molecule has 1 fully saturated rings. The minimum atomic E-state index is -0.241. The molecule has 0 heterocycles. The van der Waals surface area contributed by atoms with Crippen LogP contribution in [0.25, 0.3) is 0 Å². The summed E-state index contributed by atoms with van der Waals surface area (Å²) in [6.07, 6.45) is 0.663. The van der Waals surface area contributed by atoms with Gasteiger partial charge >= 0.3 is 0 Å². The van der Waals surface area contributed by atoms with Crippen molar-refractivity contribution >= 4 is 0 Å². The molecule has 0 aromatic carbocycles. The fourth-order valence-electron chi connectivity index (χ4n) is 0.966. The average molecular weight is 99.2 g/mol. The minimum absolute atomic E-state index is 0.241. The molecule has 0 spiro atoms. The van der Waals surface area contributed by atoms with Gasteiger partial charge in [0.1, 0.15) is 0 Å². The van der Waals surface area contributed by atoms with Crippen LogP contribution >= 0.6 is 0 Å². The van der Waals surface area contributed by atoms with Crippen LogP contribution in [0.2, 0.25) is 0 Å². The second kappa shape index (κ2) is 1.48. The molecule has 0 N–H and O–H groups in total. The summed E-state index contributed by atoms with van der Waals surface area (Å²) in [7, 11) is 0. The summed E-state index contributed by atoms with van der Waals surface area (Å²) in [5.41, 5.74) is 0. The molecule has 0 aromatic rings. The zero-order valence-electron chi connectivity index (χ0n) is 4.85. The molecule has 1 rings (SSSR count). The fourth-order valence-corrected chi connectivity index (χ4v) is 0.966. The zero-order chi connectivity index (χ0) is 5.44. The van der Waals surface area contributed by atoms with E-state index >= 15 is 0 Å². The number of hydrogen-bond donors (Lipinski definition) is 0. The third-order valence-electron chi connectivity index (χ3n) is 2.09. The Morgan fingerprint density at radius 3 is 2.00 bits per heavy atom. The Balaban J connectivity index is 2.29. The lowest BCUT2D eigenvalue weighted by atomic mass is 9.74. The van der Waals surface area contributed by atoms with Crippen molar-refractivity contribution in [1.29, 1.82) is 0 Å². The van der Waals surface area contributed by atoms with Crippen molar-refractivity contribution in [3.8, 4) is 0 Å². The monoisotopic (exact) mass is 99.1 g/mol. The van der Waals surface area contributed by atoms with E-state index in [1.807, 2.05) is 6.92 Å². The standard InChI is InChI=1S/C6H11O/c1-4-3-6(7)5(4)2/h4-6H,3H2,1-2H3. The first-order valence-corrected chi connectivity index (χ1v) is 2.87. The predicted molar refractivity (Wildman–Crippen MR) is 27.4 cm³/mol. The normalized spacial score (nSPS) is 51.0. The van der Waals surface area contributed by atoms with E-state index in [9.17, 15) is 5.11 Å².